The van der Waals surface area contributed by atoms with Gasteiger partial charge in [0.15, 0.2) is 0 Å². The van der Waals surface area contributed by atoms with Gasteiger partial charge in [-0.25, -0.2) is 13.1 Å². The first-order chi connectivity index (χ1) is 6.41. The van der Waals surface area contributed by atoms with Crippen LogP contribution in [-0.4, -0.2) is 37.8 Å². The summed E-state index contributed by atoms with van der Waals surface area (Å²) in [5, 5.41) is 8.95. The molecule has 0 rings (SSSR count). The fourth-order valence-electron chi connectivity index (χ4n) is 1.14. The van der Waals surface area contributed by atoms with Gasteiger partial charge in [-0.15, -0.1) is 11.6 Å². The van der Waals surface area contributed by atoms with E-state index in [0.29, 0.717) is 12.3 Å². The van der Waals surface area contributed by atoms with Crippen LogP contribution in [-0.2, 0) is 10.0 Å². The van der Waals surface area contributed by atoms with Crippen LogP contribution in [0.15, 0.2) is 0 Å². The van der Waals surface area contributed by atoms with E-state index in [2.05, 4.69) is 4.72 Å². The van der Waals surface area contributed by atoms with Crippen molar-refractivity contribution in [3.63, 3.8) is 0 Å². The molecule has 1 atom stereocenters. The van der Waals surface area contributed by atoms with Crippen LogP contribution < -0.4 is 4.72 Å². The van der Waals surface area contributed by atoms with E-state index in [0.717, 1.165) is 0 Å². The third-order valence-corrected chi connectivity index (χ3v) is 3.52. The molecular formula is C8H18ClNO3S. The number of alkyl halides is 1. The fraction of sp³-hybridized carbons (Fsp3) is 1.00. The van der Waals surface area contributed by atoms with E-state index < -0.39 is 16.1 Å². The highest BCUT2D eigenvalue weighted by atomic mass is 35.5. The highest BCUT2D eigenvalue weighted by molar-refractivity contribution is 7.89. The molecule has 4 nitrogen and oxygen atoms in total. The summed E-state index contributed by atoms with van der Waals surface area (Å²) in [6, 6.07) is -0.400. The number of rotatable bonds is 7. The van der Waals surface area contributed by atoms with Crippen molar-refractivity contribution in [3.8, 4) is 0 Å². The van der Waals surface area contributed by atoms with Gasteiger partial charge in [-0.05, 0) is 12.3 Å². The Bertz CT molecular complexity index is 241. The molecule has 6 heteroatoms. The number of hydrogen-bond acceptors (Lipinski definition) is 3. The van der Waals surface area contributed by atoms with Crippen molar-refractivity contribution >= 4 is 21.6 Å². The van der Waals surface area contributed by atoms with E-state index in [1.165, 1.54) is 0 Å². The van der Waals surface area contributed by atoms with Crippen molar-refractivity contribution in [2.45, 2.75) is 26.3 Å². The Morgan fingerprint density at radius 2 is 2.00 bits per heavy atom. The maximum absolute atomic E-state index is 11.3. The number of nitrogens with one attached hydrogen (secondary N) is 1. The zero-order valence-electron chi connectivity index (χ0n) is 8.53. The molecule has 0 radical (unpaired) electrons. The summed E-state index contributed by atoms with van der Waals surface area (Å²) < 4.78 is 25.0. The van der Waals surface area contributed by atoms with Crippen molar-refractivity contribution in [2.75, 3.05) is 18.2 Å². The molecule has 0 aromatic carbocycles. The summed E-state index contributed by atoms with van der Waals surface area (Å²) in [7, 11) is -3.33. The largest absolute Gasteiger partial charge is 0.395 e. The molecule has 0 amide bonds. The number of halogens is 1. The van der Waals surface area contributed by atoms with Crippen molar-refractivity contribution in [2.24, 2.45) is 5.92 Å². The summed E-state index contributed by atoms with van der Waals surface area (Å²) in [5.74, 6) is 0.295. The second-order valence-electron chi connectivity index (χ2n) is 3.63. The van der Waals surface area contributed by atoms with Crippen LogP contribution in [0.2, 0.25) is 0 Å². The summed E-state index contributed by atoms with van der Waals surface area (Å²) >= 11 is 5.34. The minimum absolute atomic E-state index is 0.0646. The molecule has 0 aromatic heterocycles. The van der Waals surface area contributed by atoms with Crippen molar-refractivity contribution in [1.82, 2.24) is 4.72 Å². The maximum atomic E-state index is 11.3. The van der Waals surface area contributed by atoms with Gasteiger partial charge in [-0.3, -0.25) is 0 Å². The Labute approximate surface area is 90.7 Å². The summed E-state index contributed by atoms with van der Waals surface area (Å²) in [4.78, 5) is 0. The molecule has 0 aliphatic heterocycles. The third-order valence-electron chi connectivity index (χ3n) is 1.67. The first-order valence-electron chi connectivity index (χ1n) is 4.58. The molecule has 86 valence electrons. The van der Waals surface area contributed by atoms with Crippen LogP contribution in [0.5, 0.6) is 0 Å². The van der Waals surface area contributed by atoms with Gasteiger partial charge in [-0.1, -0.05) is 13.8 Å². The lowest BCUT2D eigenvalue weighted by Crippen LogP contribution is -2.39. The predicted octanol–water partition coefficient (Wildman–Crippen LogP) is 0.552. The topological polar surface area (TPSA) is 66.4 Å². The van der Waals surface area contributed by atoms with E-state index in [1.807, 2.05) is 13.8 Å². The third kappa shape index (κ3) is 6.59. The molecule has 0 heterocycles. The second-order valence-corrected chi connectivity index (χ2v) is 5.89. The molecule has 0 saturated carbocycles. The molecular weight excluding hydrogens is 226 g/mol. The lowest BCUT2D eigenvalue weighted by Gasteiger charge is -2.17. The monoisotopic (exact) mass is 243 g/mol. The van der Waals surface area contributed by atoms with Gasteiger partial charge in [0.05, 0.1) is 12.4 Å². The zero-order valence-corrected chi connectivity index (χ0v) is 10.1. The average Bonchev–Trinajstić information content (AvgIpc) is 2.01. The molecule has 0 bridgehead atoms. The molecule has 1 unspecified atom stereocenters. The minimum Gasteiger partial charge on any atom is -0.395 e. The Morgan fingerprint density at radius 1 is 1.43 bits per heavy atom. The molecule has 2 N–H and O–H groups in total. The van der Waals surface area contributed by atoms with Gasteiger partial charge in [0.25, 0.3) is 0 Å². The number of hydrogen-bond donors (Lipinski definition) is 2. The first-order valence-corrected chi connectivity index (χ1v) is 6.76. The Morgan fingerprint density at radius 3 is 2.36 bits per heavy atom. The molecule has 0 aliphatic rings. The van der Waals surface area contributed by atoms with Crippen LogP contribution in [0.4, 0.5) is 0 Å². The molecule has 0 aliphatic carbocycles. The van der Waals surface area contributed by atoms with Gasteiger partial charge in [0.2, 0.25) is 10.0 Å². The number of aliphatic hydroxyl groups is 1. The van der Waals surface area contributed by atoms with E-state index in [4.69, 9.17) is 16.7 Å². The smallest absolute Gasteiger partial charge is 0.213 e. The average molecular weight is 244 g/mol. The van der Waals surface area contributed by atoms with E-state index >= 15 is 0 Å². The highest BCUT2D eigenvalue weighted by Crippen LogP contribution is 2.05. The summed E-state index contributed by atoms with van der Waals surface area (Å²) in [6.45, 7) is 3.76. The number of aliphatic hydroxyl groups excluding tert-OH is 1. The van der Waals surface area contributed by atoms with Gasteiger partial charge in [0.1, 0.15) is 0 Å². The van der Waals surface area contributed by atoms with Gasteiger partial charge in [-0.2, -0.15) is 0 Å². The van der Waals surface area contributed by atoms with E-state index in [-0.39, 0.29) is 18.2 Å². The van der Waals surface area contributed by atoms with Crippen molar-refractivity contribution < 1.29 is 13.5 Å². The zero-order chi connectivity index (χ0) is 11.2. The van der Waals surface area contributed by atoms with Crippen LogP contribution in [0.1, 0.15) is 20.3 Å². The Kier molecular flexibility index (Phi) is 6.68. The second kappa shape index (κ2) is 6.61. The summed E-state index contributed by atoms with van der Waals surface area (Å²) in [6.07, 6.45) is 0.623. The standard InChI is InChI=1S/C8H18ClNO3S/c1-7(2)5-8(6-11)10-14(12,13)4-3-9/h7-8,10-11H,3-6H2,1-2H3. The van der Waals surface area contributed by atoms with Gasteiger partial charge >= 0.3 is 0 Å². The quantitative estimate of drug-likeness (QED) is 0.642. The number of sulfonamides is 1. The van der Waals surface area contributed by atoms with Crippen LogP contribution in [0.25, 0.3) is 0 Å². The fourth-order valence-corrected chi connectivity index (χ4v) is 2.75. The van der Waals surface area contributed by atoms with Gasteiger partial charge in [0, 0.05) is 11.9 Å². The molecule has 0 spiro atoms. The van der Waals surface area contributed by atoms with Crippen LogP contribution in [0, 0.1) is 5.92 Å². The maximum Gasteiger partial charge on any atom is 0.213 e. The lowest BCUT2D eigenvalue weighted by molar-refractivity contribution is 0.240. The van der Waals surface area contributed by atoms with Gasteiger partial charge < -0.3 is 5.11 Å². The SMILES string of the molecule is CC(C)CC(CO)NS(=O)(=O)CCCl. The minimum atomic E-state index is -3.33. The predicted molar refractivity (Wildman–Crippen MR) is 58.0 cm³/mol. The van der Waals surface area contributed by atoms with E-state index in [1.54, 1.807) is 0 Å². The van der Waals surface area contributed by atoms with Crippen molar-refractivity contribution in [1.29, 1.82) is 0 Å². The van der Waals surface area contributed by atoms with E-state index in [9.17, 15) is 8.42 Å². The lowest BCUT2D eigenvalue weighted by atomic mass is 10.1. The Balaban J connectivity index is 4.17. The Hall–Kier alpha value is 0.160. The van der Waals surface area contributed by atoms with Crippen LogP contribution in [0.3, 0.4) is 0 Å². The molecule has 14 heavy (non-hydrogen) atoms. The molecule has 0 saturated heterocycles. The normalized spacial score (nSPS) is 14.6. The highest BCUT2D eigenvalue weighted by Gasteiger charge is 2.17. The van der Waals surface area contributed by atoms with Crippen LogP contribution >= 0.6 is 11.6 Å². The summed E-state index contributed by atoms with van der Waals surface area (Å²) in [5.41, 5.74) is 0. The molecule has 0 fully saturated rings. The first kappa shape index (κ1) is 14.2. The molecule has 0 aromatic rings. The van der Waals surface area contributed by atoms with Crippen molar-refractivity contribution in [3.05, 3.63) is 0 Å².